The van der Waals surface area contributed by atoms with Crippen molar-refractivity contribution in [3.63, 3.8) is 0 Å². The molecule has 5 heteroatoms. The van der Waals surface area contributed by atoms with Crippen LogP contribution in [-0.2, 0) is 6.61 Å². The van der Waals surface area contributed by atoms with E-state index in [4.69, 9.17) is 14.2 Å². The maximum atomic E-state index is 8.85. The maximum absolute atomic E-state index is 8.85. The van der Waals surface area contributed by atoms with Crippen LogP contribution in [0.1, 0.15) is 5.56 Å². The topological polar surface area (TPSA) is 38.7 Å². The van der Waals surface area contributed by atoms with Crippen molar-refractivity contribution in [3.05, 3.63) is 23.8 Å². The third-order valence-corrected chi connectivity index (χ3v) is 1.94. The van der Waals surface area contributed by atoms with Crippen molar-refractivity contribution in [2.24, 2.45) is 0 Å². The van der Waals surface area contributed by atoms with Gasteiger partial charge >= 0.3 is 0 Å². The number of aliphatic hydroxyl groups excluding tert-OH is 1. The summed E-state index contributed by atoms with van der Waals surface area (Å²) in [6.07, 6.45) is 0. The molecule has 12 heavy (non-hydrogen) atoms. The molecule has 0 amide bonds. The lowest BCUT2D eigenvalue weighted by Crippen LogP contribution is -1.85. The summed E-state index contributed by atoms with van der Waals surface area (Å²) in [5.74, 6) is 1.29. The molecule has 0 radical (unpaired) electrons. The SMILES string of the molecule is OCc1cc(OP)cc(OP)c1. The average Bonchev–Trinajstić information content (AvgIpc) is 2.16. The smallest absolute Gasteiger partial charge is 0.126 e. The van der Waals surface area contributed by atoms with Gasteiger partial charge in [-0.2, -0.15) is 0 Å². The zero-order chi connectivity index (χ0) is 8.97. The first-order valence-electron chi connectivity index (χ1n) is 3.28. The molecule has 1 aromatic rings. The predicted molar refractivity (Wildman–Crippen MR) is 53.0 cm³/mol. The number of hydrogen-bond donors (Lipinski definition) is 1. The first-order chi connectivity index (χ1) is 5.80. The lowest BCUT2D eigenvalue weighted by atomic mass is 10.2. The van der Waals surface area contributed by atoms with Crippen LogP contribution in [0.4, 0.5) is 0 Å². The first kappa shape index (κ1) is 9.73. The summed E-state index contributed by atoms with van der Waals surface area (Å²) < 4.78 is 9.83. The fourth-order valence-electron chi connectivity index (χ4n) is 0.858. The highest BCUT2D eigenvalue weighted by molar-refractivity contribution is 7.10. The monoisotopic (exact) mass is 204 g/mol. The second kappa shape index (κ2) is 4.61. The van der Waals surface area contributed by atoms with Gasteiger partial charge < -0.3 is 14.2 Å². The molecule has 1 rings (SSSR count). The van der Waals surface area contributed by atoms with Gasteiger partial charge in [-0.05, 0) is 17.7 Å². The van der Waals surface area contributed by atoms with Gasteiger partial charge in [0.25, 0.3) is 0 Å². The lowest BCUT2D eigenvalue weighted by molar-refractivity contribution is 0.281. The number of benzene rings is 1. The minimum Gasteiger partial charge on any atom is -0.480 e. The predicted octanol–water partition coefficient (Wildman–Crippen LogP) is 1.52. The van der Waals surface area contributed by atoms with E-state index in [1.54, 1.807) is 18.2 Å². The molecule has 2 unspecified atom stereocenters. The molecule has 0 heterocycles. The third kappa shape index (κ3) is 2.31. The second-order valence-corrected chi connectivity index (χ2v) is 2.68. The summed E-state index contributed by atoms with van der Waals surface area (Å²) in [4.78, 5) is 0. The molecule has 3 nitrogen and oxygen atoms in total. The van der Waals surface area contributed by atoms with E-state index in [9.17, 15) is 0 Å². The molecule has 0 aromatic heterocycles. The summed E-state index contributed by atoms with van der Waals surface area (Å²) in [5.41, 5.74) is 0.757. The van der Waals surface area contributed by atoms with Crippen LogP contribution in [0, 0.1) is 0 Å². The Hall–Kier alpha value is -0.360. The van der Waals surface area contributed by atoms with Gasteiger partial charge in [-0.15, -0.1) is 0 Å². The van der Waals surface area contributed by atoms with Gasteiger partial charge in [0.2, 0.25) is 0 Å². The zero-order valence-electron chi connectivity index (χ0n) is 6.36. The van der Waals surface area contributed by atoms with E-state index in [1.807, 2.05) is 0 Å². The van der Waals surface area contributed by atoms with Crippen LogP contribution in [-0.4, -0.2) is 5.11 Å². The van der Waals surface area contributed by atoms with Gasteiger partial charge in [-0.3, -0.25) is 0 Å². The Bertz CT molecular complexity index is 210. The van der Waals surface area contributed by atoms with E-state index in [-0.39, 0.29) is 6.61 Å². The molecule has 66 valence electrons. The van der Waals surface area contributed by atoms with Gasteiger partial charge in [0.15, 0.2) is 0 Å². The molecule has 0 saturated carbocycles. The Labute approximate surface area is 75.7 Å². The van der Waals surface area contributed by atoms with Crippen LogP contribution < -0.4 is 9.05 Å². The van der Waals surface area contributed by atoms with Crippen molar-refractivity contribution >= 4 is 18.9 Å². The van der Waals surface area contributed by atoms with Crippen LogP contribution >= 0.6 is 18.9 Å². The Kier molecular flexibility index (Phi) is 3.74. The fraction of sp³-hybridized carbons (Fsp3) is 0.143. The lowest BCUT2D eigenvalue weighted by Gasteiger charge is -2.05. The van der Waals surface area contributed by atoms with Gasteiger partial charge in [0.1, 0.15) is 11.5 Å². The Morgan fingerprint density at radius 1 is 1.08 bits per heavy atom. The van der Waals surface area contributed by atoms with Crippen molar-refractivity contribution in [3.8, 4) is 11.5 Å². The molecule has 0 aliphatic rings. The van der Waals surface area contributed by atoms with Crippen molar-refractivity contribution < 1.29 is 14.2 Å². The van der Waals surface area contributed by atoms with Crippen molar-refractivity contribution in [1.82, 2.24) is 0 Å². The molecule has 0 bridgehead atoms. The van der Waals surface area contributed by atoms with Gasteiger partial charge in [-0.1, -0.05) is 0 Å². The van der Waals surface area contributed by atoms with Gasteiger partial charge in [0.05, 0.1) is 25.5 Å². The molecule has 2 atom stereocenters. The maximum Gasteiger partial charge on any atom is 0.126 e. The highest BCUT2D eigenvalue weighted by Crippen LogP contribution is 2.25. The van der Waals surface area contributed by atoms with Crippen LogP contribution in [0.3, 0.4) is 0 Å². The highest BCUT2D eigenvalue weighted by Gasteiger charge is 1.99. The van der Waals surface area contributed by atoms with Gasteiger partial charge in [0, 0.05) is 6.07 Å². The van der Waals surface area contributed by atoms with Crippen LogP contribution in [0.15, 0.2) is 18.2 Å². The van der Waals surface area contributed by atoms with E-state index in [0.717, 1.165) is 5.56 Å². The zero-order valence-corrected chi connectivity index (χ0v) is 8.67. The number of rotatable bonds is 3. The minimum absolute atomic E-state index is 0.0249. The Balaban J connectivity index is 3.01. The summed E-state index contributed by atoms with van der Waals surface area (Å²) in [6, 6.07) is 5.19. The van der Waals surface area contributed by atoms with Crippen LogP contribution in [0.5, 0.6) is 11.5 Å². The number of hydrogen-bond acceptors (Lipinski definition) is 3. The molecule has 0 aliphatic heterocycles. The van der Waals surface area contributed by atoms with Crippen molar-refractivity contribution in [2.45, 2.75) is 6.61 Å². The summed E-state index contributed by atoms with van der Waals surface area (Å²) in [6.45, 7) is -0.0249. The van der Waals surface area contributed by atoms with E-state index >= 15 is 0 Å². The van der Waals surface area contributed by atoms with E-state index < -0.39 is 0 Å². The Morgan fingerprint density at radius 2 is 1.58 bits per heavy atom. The largest absolute Gasteiger partial charge is 0.480 e. The molecular formula is C7H10O3P2. The molecule has 0 spiro atoms. The number of aliphatic hydroxyl groups is 1. The Morgan fingerprint density at radius 3 is 1.92 bits per heavy atom. The second-order valence-electron chi connectivity index (χ2n) is 2.21. The first-order valence-corrected chi connectivity index (χ1v) is 4.22. The average molecular weight is 204 g/mol. The molecule has 1 aromatic carbocycles. The van der Waals surface area contributed by atoms with Crippen LogP contribution in [0.25, 0.3) is 0 Å². The van der Waals surface area contributed by atoms with E-state index in [1.165, 1.54) is 0 Å². The van der Waals surface area contributed by atoms with Crippen molar-refractivity contribution in [1.29, 1.82) is 0 Å². The molecule has 0 aliphatic carbocycles. The normalized spacial score (nSPS) is 9.58. The highest BCUT2D eigenvalue weighted by atomic mass is 31.0. The molecule has 0 saturated heterocycles. The quantitative estimate of drug-likeness (QED) is 0.758. The van der Waals surface area contributed by atoms with Crippen molar-refractivity contribution in [2.75, 3.05) is 0 Å². The minimum atomic E-state index is -0.0249. The van der Waals surface area contributed by atoms with E-state index in [0.29, 0.717) is 11.5 Å². The molecule has 1 N–H and O–H groups in total. The van der Waals surface area contributed by atoms with Gasteiger partial charge in [-0.25, -0.2) is 0 Å². The van der Waals surface area contributed by atoms with Crippen LogP contribution in [0.2, 0.25) is 0 Å². The summed E-state index contributed by atoms with van der Waals surface area (Å²) >= 11 is 0. The molecule has 0 fully saturated rings. The van der Waals surface area contributed by atoms with E-state index in [2.05, 4.69) is 18.9 Å². The summed E-state index contributed by atoms with van der Waals surface area (Å²) in [5, 5.41) is 8.85. The fourth-order valence-corrected chi connectivity index (χ4v) is 1.13. The summed E-state index contributed by atoms with van der Waals surface area (Å²) in [7, 11) is 4.27. The standard InChI is InChI=1S/C7H10O3P2/c8-4-5-1-6(9-11)3-7(2-5)10-12/h1-3,8H,4,11-12H2. The molecular weight excluding hydrogens is 194 g/mol. The third-order valence-electron chi connectivity index (χ3n) is 1.39.